The van der Waals surface area contributed by atoms with Gasteiger partial charge in [-0.1, -0.05) is 36.4 Å². The lowest BCUT2D eigenvalue weighted by atomic mass is 10.1. The van der Waals surface area contributed by atoms with Crippen LogP contribution < -0.4 is 4.74 Å². The van der Waals surface area contributed by atoms with Crippen LogP contribution in [0.25, 0.3) is 10.8 Å². The average molecular weight is 161 g/mol. The summed E-state index contributed by atoms with van der Waals surface area (Å²) < 4.78 is 26.9. The Bertz CT molecular complexity index is 477. The molecule has 0 bridgehead atoms. The molecule has 0 amide bonds. The summed E-state index contributed by atoms with van der Waals surface area (Å²) in [5.41, 5.74) is 0. The minimum atomic E-state index is -1.37. The molecule has 12 heavy (non-hydrogen) atoms. The average Bonchev–Trinajstić information content (AvgIpc) is 2.17. The van der Waals surface area contributed by atoms with Gasteiger partial charge in [-0.25, -0.2) is 0 Å². The number of hydrogen-bond donors (Lipinski definition) is 0. The van der Waals surface area contributed by atoms with E-state index >= 15 is 0 Å². The van der Waals surface area contributed by atoms with Crippen LogP contribution in [0.3, 0.4) is 0 Å². The van der Waals surface area contributed by atoms with Gasteiger partial charge in [-0.3, -0.25) is 0 Å². The number of benzene rings is 2. The molecule has 2 aromatic carbocycles. The van der Waals surface area contributed by atoms with Crippen molar-refractivity contribution in [3.05, 3.63) is 42.4 Å². The van der Waals surface area contributed by atoms with Crippen LogP contribution in [0.5, 0.6) is 5.75 Å². The summed E-state index contributed by atoms with van der Waals surface area (Å²) in [7, 11) is -1.37. The fraction of sp³-hybridized carbons (Fsp3) is 0.0909. The first-order chi connectivity index (χ1) is 7.18. The SMILES string of the molecule is [2H]c1cccc2cccc(OC([2H])[2H])c12. The maximum atomic E-state index is 7.75. The highest BCUT2D eigenvalue weighted by Crippen LogP contribution is 2.24. The van der Waals surface area contributed by atoms with E-state index in [4.69, 9.17) is 8.85 Å². The normalized spacial score (nSPS) is 13.9. The highest BCUT2D eigenvalue weighted by molar-refractivity contribution is 5.88. The monoisotopic (exact) mass is 161 g/mol. The van der Waals surface area contributed by atoms with Crippen molar-refractivity contribution in [2.75, 3.05) is 7.06 Å². The van der Waals surface area contributed by atoms with Crippen molar-refractivity contribution in [1.82, 2.24) is 0 Å². The van der Waals surface area contributed by atoms with E-state index in [-0.39, 0.29) is 0 Å². The van der Waals surface area contributed by atoms with E-state index in [1.165, 1.54) is 0 Å². The molecule has 2 aromatic rings. The standard InChI is InChI=1S/C11H10O/c1-12-11-8-4-6-9-5-2-3-7-10(9)11/h2-8H,1H3/i1D2,7D. The van der Waals surface area contributed by atoms with Crippen molar-refractivity contribution in [2.24, 2.45) is 0 Å². The summed E-state index contributed by atoms with van der Waals surface area (Å²) in [4.78, 5) is 0. The number of methoxy groups -OCH3 is 1. The first kappa shape index (κ1) is 4.51. The third-order valence-corrected chi connectivity index (χ3v) is 1.79. The minimum absolute atomic E-state index is 0.351. The van der Waals surface area contributed by atoms with Crippen LogP contribution in [0, 0.1) is 0 Å². The zero-order valence-corrected chi connectivity index (χ0v) is 6.45. The van der Waals surface area contributed by atoms with Crippen LogP contribution in [0.15, 0.2) is 42.4 Å². The van der Waals surface area contributed by atoms with E-state index in [1.807, 2.05) is 12.1 Å². The third-order valence-electron chi connectivity index (χ3n) is 1.79. The molecule has 0 atom stereocenters. The van der Waals surface area contributed by atoms with Crippen LogP contribution in [0.4, 0.5) is 0 Å². The van der Waals surface area contributed by atoms with Gasteiger partial charge in [0.05, 0.1) is 11.2 Å². The molecule has 1 nitrogen and oxygen atoms in total. The summed E-state index contributed by atoms with van der Waals surface area (Å²) in [6.45, 7) is 0. The summed E-state index contributed by atoms with van der Waals surface area (Å²) in [6.07, 6.45) is 0. The highest BCUT2D eigenvalue weighted by Gasteiger charge is 1.96. The van der Waals surface area contributed by atoms with Crippen LogP contribution in [-0.2, 0) is 0 Å². The molecule has 0 radical (unpaired) electrons. The second kappa shape index (κ2) is 2.86. The van der Waals surface area contributed by atoms with Crippen molar-refractivity contribution in [3.8, 4) is 5.75 Å². The van der Waals surface area contributed by atoms with Gasteiger partial charge in [0, 0.05) is 5.39 Å². The molecule has 0 aliphatic rings. The molecule has 0 aliphatic carbocycles. The first-order valence-electron chi connectivity index (χ1n) is 5.33. The maximum absolute atomic E-state index is 7.75. The Balaban J connectivity index is 2.63. The lowest BCUT2D eigenvalue weighted by Gasteiger charge is -2.03. The Hall–Kier alpha value is -1.50. The molecular formula is C11H10O. The number of fused-ring (bicyclic) bond motifs is 1. The van der Waals surface area contributed by atoms with Crippen molar-refractivity contribution in [2.45, 2.75) is 0 Å². The van der Waals surface area contributed by atoms with E-state index in [9.17, 15) is 0 Å². The van der Waals surface area contributed by atoms with E-state index < -0.39 is 7.06 Å². The smallest absolute Gasteiger partial charge is 0.126 e. The molecule has 0 saturated carbocycles. The zero-order valence-electron chi connectivity index (χ0n) is 9.45. The first-order valence-corrected chi connectivity index (χ1v) is 3.68. The van der Waals surface area contributed by atoms with Gasteiger partial charge in [-0.2, -0.15) is 0 Å². The fourth-order valence-corrected chi connectivity index (χ4v) is 1.22. The Labute approximate surface area is 75.8 Å². The molecule has 0 N–H and O–H groups in total. The molecule has 0 aliphatic heterocycles. The Kier molecular flexibility index (Phi) is 1.07. The van der Waals surface area contributed by atoms with Gasteiger partial charge in [-0.15, -0.1) is 0 Å². The van der Waals surface area contributed by atoms with Crippen molar-refractivity contribution in [1.29, 1.82) is 0 Å². The highest BCUT2D eigenvalue weighted by atomic mass is 16.5. The van der Waals surface area contributed by atoms with Gasteiger partial charge in [0.1, 0.15) is 5.75 Å². The molecule has 0 aromatic heterocycles. The molecule has 0 saturated heterocycles. The Morgan fingerprint density at radius 2 is 2.17 bits per heavy atom. The predicted molar refractivity (Wildman–Crippen MR) is 50.5 cm³/mol. The number of ether oxygens (including phenoxy) is 1. The molecule has 0 fully saturated rings. The third kappa shape index (κ3) is 1.03. The van der Waals surface area contributed by atoms with Gasteiger partial charge in [0.2, 0.25) is 0 Å². The summed E-state index contributed by atoms with van der Waals surface area (Å²) in [6, 6.07) is 11.0. The lowest BCUT2D eigenvalue weighted by Crippen LogP contribution is -1.83. The second-order valence-electron chi connectivity index (χ2n) is 2.51. The molecular weight excluding hydrogens is 148 g/mol. The maximum Gasteiger partial charge on any atom is 0.126 e. The summed E-state index contributed by atoms with van der Waals surface area (Å²) in [5.74, 6) is 0.424. The van der Waals surface area contributed by atoms with Gasteiger partial charge in [0.25, 0.3) is 0 Å². The largest absolute Gasteiger partial charge is 0.496 e. The molecule has 0 heterocycles. The van der Waals surface area contributed by atoms with Crippen molar-refractivity contribution >= 4 is 10.8 Å². The predicted octanol–water partition coefficient (Wildman–Crippen LogP) is 2.85. The molecule has 60 valence electrons. The fourth-order valence-electron chi connectivity index (χ4n) is 1.22. The van der Waals surface area contributed by atoms with Crippen molar-refractivity contribution in [3.63, 3.8) is 0 Å². The van der Waals surface area contributed by atoms with E-state index in [2.05, 4.69) is 0 Å². The summed E-state index contributed by atoms with van der Waals surface area (Å²) in [5, 5.41) is 1.55. The van der Waals surface area contributed by atoms with Gasteiger partial charge < -0.3 is 4.74 Å². The topological polar surface area (TPSA) is 9.23 Å². The van der Waals surface area contributed by atoms with E-state index in [0.29, 0.717) is 17.2 Å². The van der Waals surface area contributed by atoms with Gasteiger partial charge in [-0.05, 0) is 11.5 Å². The Morgan fingerprint density at radius 1 is 1.25 bits per heavy atom. The lowest BCUT2D eigenvalue weighted by molar-refractivity contribution is 0.420. The number of hydrogen-bond acceptors (Lipinski definition) is 1. The van der Waals surface area contributed by atoms with E-state index in [0.717, 1.165) is 5.39 Å². The molecule has 2 rings (SSSR count). The zero-order chi connectivity index (χ0) is 10.8. The quantitative estimate of drug-likeness (QED) is 0.625. The van der Waals surface area contributed by atoms with Crippen LogP contribution in [0.2, 0.25) is 0 Å². The summed E-state index contributed by atoms with van der Waals surface area (Å²) >= 11 is 0. The van der Waals surface area contributed by atoms with Crippen molar-refractivity contribution < 1.29 is 8.85 Å². The second-order valence-corrected chi connectivity index (χ2v) is 2.51. The number of rotatable bonds is 1. The van der Waals surface area contributed by atoms with Gasteiger partial charge >= 0.3 is 0 Å². The molecule has 0 unspecified atom stereocenters. The van der Waals surface area contributed by atoms with E-state index in [1.54, 1.807) is 24.3 Å². The van der Waals surface area contributed by atoms with Crippen LogP contribution in [0.1, 0.15) is 4.11 Å². The Morgan fingerprint density at radius 3 is 3.08 bits per heavy atom. The molecule has 0 spiro atoms. The van der Waals surface area contributed by atoms with Crippen LogP contribution >= 0.6 is 0 Å². The molecule has 1 heteroatoms. The van der Waals surface area contributed by atoms with Crippen LogP contribution in [-0.4, -0.2) is 7.06 Å². The minimum Gasteiger partial charge on any atom is -0.496 e. The van der Waals surface area contributed by atoms with Gasteiger partial charge in [0.15, 0.2) is 0 Å².